The van der Waals surface area contributed by atoms with E-state index in [0.29, 0.717) is 6.42 Å². The summed E-state index contributed by atoms with van der Waals surface area (Å²) in [6, 6.07) is 17.1. The molecule has 1 amide bonds. The largest absolute Gasteiger partial charge is 0.305 e. The number of hydrogen-bond acceptors (Lipinski definition) is 3. The molecule has 0 aromatic heterocycles. The van der Waals surface area contributed by atoms with Crippen LogP contribution in [0.3, 0.4) is 0 Å². The number of rotatable bonds is 3. The van der Waals surface area contributed by atoms with Gasteiger partial charge in [-0.25, -0.2) is 5.01 Å². The van der Waals surface area contributed by atoms with Gasteiger partial charge in [0.15, 0.2) is 0 Å². The maximum absolute atomic E-state index is 12.3. The molecule has 5 nitrogen and oxygen atoms in total. The van der Waals surface area contributed by atoms with E-state index in [9.17, 15) is 9.70 Å². The Bertz CT molecular complexity index is 717. The van der Waals surface area contributed by atoms with Gasteiger partial charge in [0.2, 0.25) is 5.91 Å². The fraction of sp³-hybridized carbons (Fsp3) is 0.278. The molecule has 2 aromatic carbocycles. The maximum Gasteiger partial charge on any atom is 0.224 e. The second kappa shape index (κ2) is 6.20. The van der Waals surface area contributed by atoms with Crippen molar-refractivity contribution in [2.45, 2.75) is 32.4 Å². The monoisotopic (exact) mass is 309 g/mol. The Hall–Kier alpha value is -2.69. The van der Waals surface area contributed by atoms with Gasteiger partial charge in [-0.3, -0.25) is 4.79 Å². The molecule has 0 saturated heterocycles. The number of amides is 1. The van der Waals surface area contributed by atoms with Crippen molar-refractivity contribution in [3.8, 4) is 0 Å². The molecule has 0 unspecified atom stereocenters. The number of hydrogen-bond donors (Lipinski definition) is 0. The van der Waals surface area contributed by atoms with Crippen LogP contribution in [0.15, 0.2) is 59.9 Å². The van der Waals surface area contributed by atoms with Crippen molar-refractivity contribution in [3.63, 3.8) is 0 Å². The third-order valence-electron chi connectivity index (χ3n) is 4.30. The average Bonchev–Trinajstić information content (AvgIpc) is 2.56. The van der Waals surface area contributed by atoms with E-state index in [4.69, 9.17) is 0 Å². The molecule has 0 aliphatic carbocycles. The van der Waals surface area contributed by atoms with Gasteiger partial charge in [-0.15, -0.1) is 4.91 Å². The van der Waals surface area contributed by atoms with Gasteiger partial charge in [0.1, 0.15) is 0 Å². The molecule has 1 aliphatic rings. The number of anilines is 2. The topological polar surface area (TPSA) is 53.0 Å². The average molecular weight is 309 g/mol. The Morgan fingerprint density at radius 2 is 1.78 bits per heavy atom. The van der Waals surface area contributed by atoms with E-state index < -0.39 is 0 Å². The first-order chi connectivity index (χ1) is 11.1. The van der Waals surface area contributed by atoms with Crippen LogP contribution < -0.4 is 9.91 Å². The van der Waals surface area contributed by atoms with Crippen molar-refractivity contribution in [2.24, 2.45) is 5.29 Å². The number of benzene rings is 2. The Morgan fingerprint density at radius 1 is 1.13 bits per heavy atom. The van der Waals surface area contributed by atoms with Crippen LogP contribution in [-0.2, 0) is 4.79 Å². The molecular formula is C18H19N3O2. The van der Waals surface area contributed by atoms with Crippen LogP contribution in [0.25, 0.3) is 0 Å². The molecule has 0 bridgehead atoms. The standard InChI is InChI=1S/C18H19N3O2/c1-13-12-18(16-10-6-7-11-17(16)21(13)19-23)20(14(2)22)15-8-4-3-5-9-15/h3-11,13,18H,12H2,1-2H3/t13-,18+/m1/s1. The molecule has 118 valence electrons. The highest BCUT2D eigenvalue weighted by atomic mass is 16.3. The summed E-state index contributed by atoms with van der Waals surface area (Å²) < 4.78 is 0. The molecule has 0 fully saturated rings. The number of fused-ring (bicyclic) bond motifs is 1. The number of carbonyl (C=O) groups is 1. The highest BCUT2D eigenvalue weighted by Gasteiger charge is 2.35. The Balaban J connectivity index is 2.11. The first-order valence-electron chi connectivity index (χ1n) is 7.69. The summed E-state index contributed by atoms with van der Waals surface area (Å²) in [7, 11) is 0. The van der Waals surface area contributed by atoms with Crippen LogP contribution in [0.5, 0.6) is 0 Å². The zero-order valence-electron chi connectivity index (χ0n) is 13.2. The normalized spacial score (nSPS) is 19.8. The smallest absolute Gasteiger partial charge is 0.224 e. The molecule has 23 heavy (non-hydrogen) atoms. The molecule has 2 atom stereocenters. The first kappa shape index (κ1) is 15.2. The minimum Gasteiger partial charge on any atom is -0.305 e. The van der Waals surface area contributed by atoms with Gasteiger partial charge < -0.3 is 4.90 Å². The molecule has 5 heteroatoms. The summed E-state index contributed by atoms with van der Waals surface area (Å²) in [5.74, 6) is -0.0179. The van der Waals surface area contributed by atoms with Crippen LogP contribution in [0.4, 0.5) is 11.4 Å². The van der Waals surface area contributed by atoms with Gasteiger partial charge in [0, 0.05) is 18.2 Å². The van der Waals surface area contributed by atoms with Gasteiger partial charge in [0.25, 0.3) is 0 Å². The second-order valence-electron chi connectivity index (χ2n) is 5.81. The molecule has 0 saturated carbocycles. The van der Waals surface area contributed by atoms with Crippen molar-refractivity contribution >= 4 is 17.3 Å². The SMILES string of the molecule is CC(=O)N(c1ccccc1)[C@H]1C[C@@H](C)N(N=O)c2ccccc21. The highest BCUT2D eigenvalue weighted by Crippen LogP contribution is 2.42. The molecule has 0 radical (unpaired) electrons. The van der Waals surface area contributed by atoms with E-state index in [1.54, 1.807) is 11.8 Å². The van der Waals surface area contributed by atoms with Gasteiger partial charge in [-0.05, 0) is 31.5 Å². The molecular weight excluding hydrogens is 290 g/mol. The summed E-state index contributed by atoms with van der Waals surface area (Å²) in [5.41, 5.74) is 2.58. The number of nitrogens with zero attached hydrogens (tertiary/aromatic N) is 3. The lowest BCUT2D eigenvalue weighted by molar-refractivity contribution is -0.117. The summed E-state index contributed by atoms with van der Waals surface area (Å²) in [6.45, 7) is 3.53. The van der Waals surface area contributed by atoms with Crippen LogP contribution >= 0.6 is 0 Å². The minimum absolute atomic E-state index is 0.0179. The van der Waals surface area contributed by atoms with Gasteiger partial charge in [-0.1, -0.05) is 36.4 Å². The van der Waals surface area contributed by atoms with Crippen molar-refractivity contribution in [1.29, 1.82) is 0 Å². The summed E-state index contributed by atoms with van der Waals surface area (Å²) in [4.78, 5) is 25.4. The van der Waals surface area contributed by atoms with Crippen LogP contribution in [0.1, 0.15) is 31.9 Å². The molecule has 0 N–H and O–H groups in total. The van der Waals surface area contributed by atoms with E-state index in [2.05, 4.69) is 5.29 Å². The lowest BCUT2D eigenvalue weighted by Crippen LogP contribution is -2.42. The van der Waals surface area contributed by atoms with Crippen molar-refractivity contribution in [3.05, 3.63) is 65.1 Å². The van der Waals surface area contributed by atoms with E-state index in [-0.39, 0.29) is 18.0 Å². The van der Waals surface area contributed by atoms with Crippen molar-refractivity contribution in [1.82, 2.24) is 0 Å². The Labute approximate surface area is 135 Å². The highest BCUT2D eigenvalue weighted by molar-refractivity contribution is 5.92. The van der Waals surface area contributed by atoms with Crippen LogP contribution in [-0.4, -0.2) is 11.9 Å². The number of para-hydroxylation sites is 2. The van der Waals surface area contributed by atoms with Crippen LogP contribution in [0, 0.1) is 4.91 Å². The molecule has 3 rings (SSSR count). The Morgan fingerprint density at radius 3 is 2.43 bits per heavy atom. The fourth-order valence-electron chi connectivity index (χ4n) is 3.30. The van der Waals surface area contributed by atoms with E-state index in [1.807, 2.05) is 61.5 Å². The Kier molecular flexibility index (Phi) is 4.10. The summed E-state index contributed by atoms with van der Waals surface area (Å²) >= 11 is 0. The first-order valence-corrected chi connectivity index (χ1v) is 7.69. The maximum atomic E-state index is 12.3. The third kappa shape index (κ3) is 2.70. The quantitative estimate of drug-likeness (QED) is 0.803. The van der Waals surface area contributed by atoms with Crippen molar-refractivity contribution in [2.75, 3.05) is 9.91 Å². The van der Waals surface area contributed by atoms with Crippen molar-refractivity contribution < 1.29 is 4.79 Å². The lowest BCUT2D eigenvalue weighted by Gasteiger charge is -2.40. The van der Waals surface area contributed by atoms with Gasteiger partial charge in [-0.2, -0.15) is 0 Å². The van der Waals surface area contributed by atoms with E-state index in [0.717, 1.165) is 16.9 Å². The summed E-state index contributed by atoms with van der Waals surface area (Å²) in [6.07, 6.45) is 0.650. The zero-order valence-corrected chi connectivity index (χ0v) is 13.2. The van der Waals surface area contributed by atoms with Crippen LogP contribution in [0.2, 0.25) is 0 Å². The van der Waals surface area contributed by atoms with E-state index >= 15 is 0 Å². The second-order valence-corrected chi connectivity index (χ2v) is 5.81. The number of carbonyl (C=O) groups excluding carboxylic acids is 1. The van der Waals surface area contributed by atoms with E-state index in [1.165, 1.54) is 5.01 Å². The summed E-state index contributed by atoms with van der Waals surface area (Å²) in [5, 5.41) is 4.66. The fourth-order valence-corrected chi connectivity index (χ4v) is 3.30. The molecule has 1 heterocycles. The molecule has 2 aromatic rings. The predicted octanol–water partition coefficient (Wildman–Crippen LogP) is 4.06. The zero-order chi connectivity index (χ0) is 16.4. The molecule has 1 aliphatic heterocycles. The predicted molar refractivity (Wildman–Crippen MR) is 91.1 cm³/mol. The number of nitroso groups, excluding NO2 is 1. The van der Waals surface area contributed by atoms with Gasteiger partial charge >= 0.3 is 0 Å². The molecule has 0 spiro atoms. The lowest BCUT2D eigenvalue weighted by atomic mass is 9.91. The third-order valence-corrected chi connectivity index (χ3v) is 4.30. The van der Waals surface area contributed by atoms with Gasteiger partial charge in [0.05, 0.1) is 23.1 Å². The minimum atomic E-state index is -0.112.